The molecule has 0 saturated carbocycles. The van der Waals surface area contributed by atoms with Gasteiger partial charge in [-0.1, -0.05) is 42.0 Å². The van der Waals surface area contributed by atoms with Gasteiger partial charge in [0.15, 0.2) is 0 Å². The van der Waals surface area contributed by atoms with E-state index in [0.717, 1.165) is 11.4 Å². The molecule has 0 radical (unpaired) electrons. The molecule has 0 aliphatic rings. The average Bonchev–Trinajstić information content (AvgIpc) is 2.55. The Bertz CT molecular complexity index is 668. The van der Waals surface area contributed by atoms with Crippen LogP contribution in [0.3, 0.4) is 0 Å². The molecule has 2 aromatic rings. The number of rotatable bonds is 7. The van der Waals surface area contributed by atoms with Crippen LogP contribution in [0.2, 0.25) is 0 Å². The molecule has 0 heterocycles. The van der Waals surface area contributed by atoms with E-state index in [1.807, 2.05) is 19.1 Å². The summed E-state index contributed by atoms with van der Waals surface area (Å²) in [6.45, 7) is 5.46. The quantitative estimate of drug-likeness (QED) is 0.776. The molecular weight excluding hydrogens is 316 g/mol. The van der Waals surface area contributed by atoms with E-state index in [0.29, 0.717) is 6.54 Å². The third kappa shape index (κ3) is 5.69. The molecule has 2 rings (SSSR count). The van der Waals surface area contributed by atoms with Crippen molar-refractivity contribution in [3.8, 4) is 0 Å². The maximum Gasteiger partial charge on any atom is 0.233 e. The summed E-state index contributed by atoms with van der Waals surface area (Å²) in [4.78, 5) is 15.6. The Balaban J connectivity index is 1.91. The second-order valence-corrected chi connectivity index (χ2v) is 7.71. The number of amides is 1. The molecule has 4 heteroatoms. The van der Waals surface area contributed by atoms with Crippen LogP contribution in [-0.4, -0.2) is 30.2 Å². The van der Waals surface area contributed by atoms with Gasteiger partial charge in [0.05, 0.1) is 5.25 Å². The molecule has 0 unspecified atom stereocenters. The van der Waals surface area contributed by atoms with Crippen LogP contribution in [-0.2, 0) is 17.9 Å². The van der Waals surface area contributed by atoms with E-state index in [4.69, 9.17) is 0 Å². The highest BCUT2D eigenvalue weighted by Gasteiger charge is 2.14. The Morgan fingerprint density at radius 2 is 1.71 bits per heavy atom. The van der Waals surface area contributed by atoms with E-state index >= 15 is 0 Å². The molecule has 0 aliphatic heterocycles. The predicted molar refractivity (Wildman–Crippen MR) is 102 cm³/mol. The Morgan fingerprint density at radius 3 is 2.33 bits per heavy atom. The van der Waals surface area contributed by atoms with Gasteiger partial charge in [0, 0.05) is 18.0 Å². The molecule has 0 fully saturated rings. The smallest absolute Gasteiger partial charge is 0.233 e. The maximum atomic E-state index is 12.4. The van der Waals surface area contributed by atoms with Gasteiger partial charge < -0.3 is 10.2 Å². The second-order valence-electron chi connectivity index (χ2n) is 6.30. The van der Waals surface area contributed by atoms with Crippen LogP contribution < -0.4 is 5.32 Å². The molecule has 0 saturated heterocycles. The van der Waals surface area contributed by atoms with Crippen molar-refractivity contribution in [1.29, 1.82) is 0 Å². The SMILES string of the molecule is Cc1ccc(S[C@H](C)C(=O)NCc2ccccc2CN(C)C)cc1. The molecule has 0 spiro atoms. The highest BCUT2D eigenvalue weighted by Crippen LogP contribution is 2.23. The topological polar surface area (TPSA) is 32.3 Å². The number of hydrogen-bond donors (Lipinski definition) is 1. The minimum Gasteiger partial charge on any atom is -0.351 e. The van der Waals surface area contributed by atoms with Gasteiger partial charge in [-0.25, -0.2) is 0 Å². The highest BCUT2D eigenvalue weighted by atomic mass is 32.2. The Kier molecular flexibility index (Phi) is 6.88. The van der Waals surface area contributed by atoms with Crippen LogP contribution in [0.25, 0.3) is 0 Å². The summed E-state index contributed by atoms with van der Waals surface area (Å²) in [5, 5.41) is 2.95. The number of benzene rings is 2. The molecule has 0 aromatic heterocycles. The zero-order valence-corrected chi connectivity index (χ0v) is 15.7. The lowest BCUT2D eigenvalue weighted by molar-refractivity contribution is -0.120. The standard InChI is InChI=1S/C20H26N2OS/c1-15-9-11-19(12-10-15)24-16(2)20(23)21-13-17-7-5-6-8-18(17)14-22(3)4/h5-12,16H,13-14H2,1-4H3,(H,21,23)/t16-/m1/s1. The fourth-order valence-electron chi connectivity index (χ4n) is 2.43. The molecule has 0 aliphatic carbocycles. The van der Waals surface area contributed by atoms with Gasteiger partial charge in [0.25, 0.3) is 0 Å². The number of carbonyl (C=O) groups is 1. The van der Waals surface area contributed by atoms with E-state index in [2.05, 4.69) is 67.6 Å². The summed E-state index contributed by atoms with van der Waals surface area (Å²) < 4.78 is 0. The van der Waals surface area contributed by atoms with Crippen molar-refractivity contribution in [3.63, 3.8) is 0 Å². The zero-order valence-electron chi connectivity index (χ0n) is 14.9. The van der Waals surface area contributed by atoms with Gasteiger partial charge in [-0.15, -0.1) is 11.8 Å². The first-order valence-corrected chi connectivity index (χ1v) is 9.06. The highest BCUT2D eigenvalue weighted by molar-refractivity contribution is 8.00. The minimum atomic E-state index is -0.117. The molecule has 1 amide bonds. The van der Waals surface area contributed by atoms with E-state index in [9.17, 15) is 4.79 Å². The summed E-state index contributed by atoms with van der Waals surface area (Å²) in [5.41, 5.74) is 3.66. The van der Waals surface area contributed by atoms with Crippen LogP contribution in [0.5, 0.6) is 0 Å². The number of nitrogens with one attached hydrogen (secondary N) is 1. The second kappa shape index (κ2) is 8.90. The normalized spacial score (nSPS) is 12.2. The van der Waals surface area contributed by atoms with Crippen molar-refractivity contribution in [2.24, 2.45) is 0 Å². The number of nitrogens with zero attached hydrogens (tertiary/aromatic N) is 1. The average molecular weight is 343 g/mol. The van der Waals surface area contributed by atoms with Crippen molar-refractivity contribution in [2.75, 3.05) is 14.1 Å². The summed E-state index contributed by atoms with van der Waals surface area (Å²) in [7, 11) is 4.10. The van der Waals surface area contributed by atoms with Crippen molar-refractivity contribution in [1.82, 2.24) is 10.2 Å². The molecule has 128 valence electrons. The van der Waals surface area contributed by atoms with Gasteiger partial charge in [0.2, 0.25) is 5.91 Å². The lowest BCUT2D eigenvalue weighted by Crippen LogP contribution is -2.31. The Labute approximate surface area is 149 Å². The lowest BCUT2D eigenvalue weighted by Gasteiger charge is -2.16. The fourth-order valence-corrected chi connectivity index (χ4v) is 3.32. The monoisotopic (exact) mass is 342 g/mol. The van der Waals surface area contributed by atoms with Crippen LogP contribution in [0.15, 0.2) is 53.4 Å². The van der Waals surface area contributed by atoms with Crippen molar-refractivity contribution < 1.29 is 4.79 Å². The lowest BCUT2D eigenvalue weighted by atomic mass is 10.1. The minimum absolute atomic E-state index is 0.0697. The van der Waals surface area contributed by atoms with Gasteiger partial charge in [-0.3, -0.25) is 4.79 Å². The Hall–Kier alpha value is -1.78. The summed E-state index contributed by atoms with van der Waals surface area (Å²) >= 11 is 1.59. The first-order valence-electron chi connectivity index (χ1n) is 8.18. The third-order valence-electron chi connectivity index (χ3n) is 3.76. The summed E-state index contributed by atoms with van der Waals surface area (Å²) in [5.74, 6) is 0.0697. The molecule has 1 N–H and O–H groups in total. The van der Waals surface area contributed by atoms with Crippen LogP contribution in [0.1, 0.15) is 23.6 Å². The predicted octanol–water partition coefficient (Wildman–Crippen LogP) is 3.85. The molecular formula is C20H26N2OS. The molecule has 1 atom stereocenters. The number of carbonyl (C=O) groups excluding carboxylic acids is 1. The maximum absolute atomic E-state index is 12.4. The molecule has 24 heavy (non-hydrogen) atoms. The van der Waals surface area contributed by atoms with E-state index in [1.54, 1.807) is 11.8 Å². The molecule has 0 bridgehead atoms. The molecule has 2 aromatic carbocycles. The van der Waals surface area contributed by atoms with Crippen LogP contribution in [0, 0.1) is 6.92 Å². The first kappa shape index (κ1) is 18.6. The Morgan fingerprint density at radius 1 is 1.08 bits per heavy atom. The van der Waals surface area contributed by atoms with Crippen molar-refractivity contribution >= 4 is 17.7 Å². The van der Waals surface area contributed by atoms with Gasteiger partial charge in [-0.05, 0) is 51.2 Å². The van der Waals surface area contributed by atoms with E-state index in [1.165, 1.54) is 16.7 Å². The van der Waals surface area contributed by atoms with E-state index < -0.39 is 0 Å². The van der Waals surface area contributed by atoms with Crippen LogP contribution >= 0.6 is 11.8 Å². The summed E-state index contributed by atoms with van der Waals surface area (Å²) in [6, 6.07) is 16.5. The fraction of sp³-hybridized carbons (Fsp3) is 0.350. The summed E-state index contributed by atoms with van der Waals surface area (Å²) in [6.07, 6.45) is 0. The van der Waals surface area contributed by atoms with Gasteiger partial charge in [0.1, 0.15) is 0 Å². The van der Waals surface area contributed by atoms with Gasteiger partial charge in [-0.2, -0.15) is 0 Å². The first-order chi connectivity index (χ1) is 11.5. The number of hydrogen-bond acceptors (Lipinski definition) is 3. The van der Waals surface area contributed by atoms with Crippen LogP contribution in [0.4, 0.5) is 0 Å². The molecule has 3 nitrogen and oxygen atoms in total. The van der Waals surface area contributed by atoms with Crippen molar-refractivity contribution in [3.05, 3.63) is 65.2 Å². The van der Waals surface area contributed by atoms with E-state index in [-0.39, 0.29) is 11.2 Å². The van der Waals surface area contributed by atoms with Crippen molar-refractivity contribution in [2.45, 2.75) is 37.1 Å². The zero-order chi connectivity index (χ0) is 17.5. The number of aryl methyl sites for hydroxylation is 1. The van der Waals surface area contributed by atoms with Gasteiger partial charge >= 0.3 is 0 Å². The third-order valence-corrected chi connectivity index (χ3v) is 4.87. The number of thioether (sulfide) groups is 1. The largest absolute Gasteiger partial charge is 0.351 e.